The molecule has 2 aromatic rings. The number of hydrogen-bond donors (Lipinski definition) is 2. The van der Waals surface area contributed by atoms with E-state index in [4.69, 9.17) is 0 Å². The molecule has 136 valence electrons. The van der Waals surface area contributed by atoms with E-state index in [-0.39, 0.29) is 18.3 Å². The van der Waals surface area contributed by atoms with E-state index in [1.807, 2.05) is 24.3 Å². The van der Waals surface area contributed by atoms with Crippen molar-refractivity contribution in [3.8, 4) is 0 Å². The number of aryl methyl sites for hydroxylation is 1. The molecular formula is C21H29ClN2O. The topological polar surface area (TPSA) is 41.1 Å². The van der Waals surface area contributed by atoms with Crippen molar-refractivity contribution in [1.82, 2.24) is 5.32 Å². The fraction of sp³-hybridized carbons (Fsp3) is 0.381. The van der Waals surface area contributed by atoms with Gasteiger partial charge in [-0.05, 0) is 41.6 Å². The number of carbonyl (C=O) groups excluding carboxylic acids is 1. The molecule has 3 nitrogen and oxygen atoms in total. The monoisotopic (exact) mass is 360 g/mol. The van der Waals surface area contributed by atoms with E-state index in [0.717, 1.165) is 30.8 Å². The third kappa shape index (κ3) is 6.89. The lowest BCUT2D eigenvalue weighted by Crippen LogP contribution is -2.17. The standard InChI is InChI=1S/C21H28N2O.ClH/c1-4-22-15-19-7-5-6-8-20(19)23-21(24)14-11-17-9-12-18(13-10-17)16(2)3;/h5-10,12-13,16,22H,4,11,14-15H2,1-3H3,(H,23,24);1H. The molecule has 0 radical (unpaired) electrons. The van der Waals surface area contributed by atoms with Crippen LogP contribution in [0.3, 0.4) is 0 Å². The maximum Gasteiger partial charge on any atom is 0.224 e. The van der Waals surface area contributed by atoms with Gasteiger partial charge in [0.05, 0.1) is 0 Å². The van der Waals surface area contributed by atoms with E-state index in [1.54, 1.807) is 0 Å². The van der Waals surface area contributed by atoms with Crippen LogP contribution in [0.1, 0.15) is 49.8 Å². The number of hydrogen-bond acceptors (Lipinski definition) is 2. The first kappa shape index (κ1) is 21.2. The highest BCUT2D eigenvalue weighted by Gasteiger charge is 2.07. The quantitative estimate of drug-likeness (QED) is 0.702. The maximum absolute atomic E-state index is 12.3. The van der Waals surface area contributed by atoms with E-state index >= 15 is 0 Å². The molecule has 0 spiro atoms. The minimum absolute atomic E-state index is 0. The molecule has 0 aliphatic carbocycles. The number of para-hydroxylation sites is 1. The summed E-state index contributed by atoms with van der Waals surface area (Å²) in [4.78, 5) is 12.3. The van der Waals surface area contributed by atoms with Gasteiger partial charge in [-0.3, -0.25) is 4.79 Å². The Balaban J connectivity index is 0.00000312. The van der Waals surface area contributed by atoms with Crippen molar-refractivity contribution < 1.29 is 4.79 Å². The average Bonchev–Trinajstić information content (AvgIpc) is 2.59. The van der Waals surface area contributed by atoms with Gasteiger partial charge in [-0.1, -0.05) is 63.2 Å². The summed E-state index contributed by atoms with van der Waals surface area (Å²) in [5.74, 6) is 0.600. The zero-order valence-electron chi connectivity index (χ0n) is 15.3. The lowest BCUT2D eigenvalue weighted by Gasteiger charge is -2.11. The number of anilines is 1. The number of carbonyl (C=O) groups is 1. The van der Waals surface area contributed by atoms with Crippen molar-refractivity contribution in [1.29, 1.82) is 0 Å². The summed E-state index contributed by atoms with van der Waals surface area (Å²) < 4.78 is 0. The van der Waals surface area contributed by atoms with Crippen molar-refractivity contribution in [2.45, 2.75) is 46.1 Å². The minimum atomic E-state index is 0. The summed E-state index contributed by atoms with van der Waals surface area (Å²) in [6, 6.07) is 16.5. The molecule has 1 amide bonds. The lowest BCUT2D eigenvalue weighted by molar-refractivity contribution is -0.116. The Morgan fingerprint density at radius 1 is 1.04 bits per heavy atom. The molecule has 4 heteroatoms. The molecule has 0 aliphatic rings. The summed E-state index contributed by atoms with van der Waals surface area (Å²) in [6.45, 7) is 8.13. The van der Waals surface area contributed by atoms with Gasteiger partial charge in [0, 0.05) is 18.7 Å². The van der Waals surface area contributed by atoms with E-state index in [9.17, 15) is 4.79 Å². The van der Waals surface area contributed by atoms with Crippen LogP contribution in [-0.4, -0.2) is 12.5 Å². The Morgan fingerprint density at radius 3 is 2.36 bits per heavy atom. The highest BCUT2D eigenvalue weighted by atomic mass is 35.5. The molecule has 2 aromatic carbocycles. The Bertz CT molecular complexity index is 653. The second kappa shape index (κ2) is 10.9. The number of rotatable bonds is 8. The first-order valence-electron chi connectivity index (χ1n) is 8.77. The van der Waals surface area contributed by atoms with Crippen LogP contribution in [0.2, 0.25) is 0 Å². The summed E-state index contributed by atoms with van der Waals surface area (Å²) >= 11 is 0. The van der Waals surface area contributed by atoms with Crippen molar-refractivity contribution in [3.63, 3.8) is 0 Å². The number of halogens is 1. The molecule has 25 heavy (non-hydrogen) atoms. The van der Waals surface area contributed by atoms with Gasteiger partial charge in [-0.25, -0.2) is 0 Å². The van der Waals surface area contributed by atoms with Crippen molar-refractivity contribution in [2.24, 2.45) is 0 Å². The molecule has 0 heterocycles. The van der Waals surface area contributed by atoms with Crippen LogP contribution in [-0.2, 0) is 17.8 Å². The minimum Gasteiger partial charge on any atom is -0.326 e. The molecule has 0 fully saturated rings. The fourth-order valence-electron chi connectivity index (χ4n) is 2.60. The van der Waals surface area contributed by atoms with Gasteiger partial charge in [0.2, 0.25) is 5.91 Å². The Hall–Kier alpha value is -1.84. The molecule has 0 saturated carbocycles. The first-order chi connectivity index (χ1) is 11.6. The normalized spacial score (nSPS) is 10.4. The van der Waals surface area contributed by atoms with Crippen LogP contribution >= 0.6 is 12.4 Å². The molecule has 2 rings (SSSR count). The van der Waals surface area contributed by atoms with Gasteiger partial charge in [0.1, 0.15) is 0 Å². The summed E-state index contributed by atoms with van der Waals surface area (Å²) in [5.41, 5.74) is 4.56. The smallest absolute Gasteiger partial charge is 0.224 e. The third-order valence-electron chi connectivity index (χ3n) is 4.14. The maximum atomic E-state index is 12.3. The number of amides is 1. The zero-order valence-corrected chi connectivity index (χ0v) is 16.2. The molecule has 0 atom stereocenters. The van der Waals surface area contributed by atoms with Gasteiger partial charge >= 0.3 is 0 Å². The molecule has 0 unspecified atom stereocenters. The van der Waals surface area contributed by atoms with Crippen LogP contribution in [0.4, 0.5) is 5.69 Å². The average molecular weight is 361 g/mol. The van der Waals surface area contributed by atoms with E-state index in [0.29, 0.717) is 12.3 Å². The first-order valence-corrected chi connectivity index (χ1v) is 8.77. The molecule has 0 saturated heterocycles. The van der Waals surface area contributed by atoms with Crippen LogP contribution in [0, 0.1) is 0 Å². The lowest BCUT2D eigenvalue weighted by atomic mass is 10.0. The van der Waals surface area contributed by atoms with Crippen LogP contribution < -0.4 is 10.6 Å². The second-order valence-corrected chi connectivity index (χ2v) is 6.38. The summed E-state index contributed by atoms with van der Waals surface area (Å²) in [6.07, 6.45) is 1.26. The van der Waals surface area contributed by atoms with E-state index in [2.05, 4.69) is 55.7 Å². The Morgan fingerprint density at radius 2 is 1.72 bits per heavy atom. The third-order valence-corrected chi connectivity index (χ3v) is 4.14. The zero-order chi connectivity index (χ0) is 17.4. The molecule has 0 bridgehead atoms. The van der Waals surface area contributed by atoms with Gasteiger partial charge in [0.15, 0.2) is 0 Å². The summed E-state index contributed by atoms with van der Waals surface area (Å²) in [5, 5.41) is 6.34. The molecule has 0 aromatic heterocycles. The predicted octanol–water partition coefficient (Wildman–Crippen LogP) is 4.91. The fourth-order valence-corrected chi connectivity index (χ4v) is 2.60. The van der Waals surface area contributed by atoms with E-state index in [1.165, 1.54) is 11.1 Å². The molecule has 0 aliphatic heterocycles. The molecule has 2 N–H and O–H groups in total. The highest BCUT2D eigenvalue weighted by Crippen LogP contribution is 2.17. The SMILES string of the molecule is CCNCc1ccccc1NC(=O)CCc1ccc(C(C)C)cc1.Cl. The second-order valence-electron chi connectivity index (χ2n) is 6.38. The van der Waals surface area contributed by atoms with Crippen LogP contribution in [0.5, 0.6) is 0 Å². The number of nitrogens with one attached hydrogen (secondary N) is 2. The van der Waals surface area contributed by atoms with Gasteiger partial charge < -0.3 is 10.6 Å². The van der Waals surface area contributed by atoms with E-state index < -0.39 is 0 Å². The Kier molecular flexibility index (Phi) is 9.25. The largest absolute Gasteiger partial charge is 0.326 e. The van der Waals surface area contributed by atoms with Crippen molar-refractivity contribution >= 4 is 24.0 Å². The predicted molar refractivity (Wildman–Crippen MR) is 109 cm³/mol. The van der Waals surface area contributed by atoms with Gasteiger partial charge in [-0.2, -0.15) is 0 Å². The van der Waals surface area contributed by atoms with Crippen LogP contribution in [0.15, 0.2) is 48.5 Å². The van der Waals surface area contributed by atoms with Gasteiger partial charge in [-0.15, -0.1) is 12.4 Å². The highest BCUT2D eigenvalue weighted by molar-refractivity contribution is 5.91. The number of benzene rings is 2. The van der Waals surface area contributed by atoms with Crippen molar-refractivity contribution in [2.75, 3.05) is 11.9 Å². The summed E-state index contributed by atoms with van der Waals surface area (Å²) in [7, 11) is 0. The van der Waals surface area contributed by atoms with Gasteiger partial charge in [0.25, 0.3) is 0 Å². The molecular weight excluding hydrogens is 332 g/mol. The van der Waals surface area contributed by atoms with Crippen molar-refractivity contribution in [3.05, 3.63) is 65.2 Å². The Labute approximate surface area is 157 Å². The van der Waals surface area contributed by atoms with Crippen LogP contribution in [0.25, 0.3) is 0 Å².